The molecule has 0 aromatic rings. The van der Waals surface area contributed by atoms with E-state index in [9.17, 15) is 14.4 Å². The maximum Gasteiger partial charge on any atom is 0.306 e. The average Bonchev–Trinajstić information content (AvgIpc) is 3.31. The monoisotopic (exact) mass is 925 g/mol. The zero-order valence-corrected chi connectivity index (χ0v) is 44.0. The first-order chi connectivity index (χ1) is 32.5. The molecule has 0 radical (unpaired) electrons. The Bertz CT molecular complexity index is 1150. The Morgan fingerprint density at radius 1 is 0.303 bits per heavy atom. The zero-order chi connectivity index (χ0) is 47.9. The van der Waals surface area contributed by atoms with Crippen LogP contribution in [0.4, 0.5) is 0 Å². The number of allylic oxidation sites excluding steroid dienone is 8. The molecule has 0 aliphatic carbocycles. The van der Waals surface area contributed by atoms with Crippen LogP contribution in [-0.4, -0.2) is 37.2 Å². The van der Waals surface area contributed by atoms with Gasteiger partial charge in [0.1, 0.15) is 13.2 Å². The number of hydrogen-bond donors (Lipinski definition) is 0. The number of carbonyl (C=O) groups is 3. The summed E-state index contributed by atoms with van der Waals surface area (Å²) in [6, 6.07) is 0. The topological polar surface area (TPSA) is 78.9 Å². The molecule has 0 amide bonds. The van der Waals surface area contributed by atoms with E-state index in [1.54, 1.807) is 0 Å². The van der Waals surface area contributed by atoms with Crippen molar-refractivity contribution in [3.63, 3.8) is 0 Å². The van der Waals surface area contributed by atoms with Gasteiger partial charge in [0.25, 0.3) is 0 Å². The molecule has 1 atom stereocenters. The molecule has 0 aliphatic rings. The van der Waals surface area contributed by atoms with Gasteiger partial charge >= 0.3 is 17.9 Å². The third-order valence-corrected chi connectivity index (χ3v) is 12.5. The largest absolute Gasteiger partial charge is 0.462 e. The van der Waals surface area contributed by atoms with Crippen LogP contribution in [0.2, 0.25) is 0 Å². The minimum atomic E-state index is -0.786. The van der Waals surface area contributed by atoms with E-state index in [4.69, 9.17) is 14.2 Å². The van der Waals surface area contributed by atoms with Crippen LogP contribution in [0.1, 0.15) is 297 Å². The molecule has 6 nitrogen and oxygen atoms in total. The quantitative estimate of drug-likeness (QED) is 0.0262. The lowest BCUT2D eigenvalue weighted by atomic mass is 10.1. The Morgan fingerprint density at radius 2 is 0.545 bits per heavy atom. The highest BCUT2D eigenvalue weighted by molar-refractivity contribution is 5.71. The van der Waals surface area contributed by atoms with Crippen molar-refractivity contribution < 1.29 is 28.6 Å². The van der Waals surface area contributed by atoms with Crippen LogP contribution in [-0.2, 0) is 28.6 Å². The highest BCUT2D eigenvalue weighted by Crippen LogP contribution is 2.15. The fourth-order valence-corrected chi connectivity index (χ4v) is 8.17. The summed E-state index contributed by atoms with van der Waals surface area (Å²) in [7, 11) is 0. The van der Waals surface area contributed by atoms with Crippen LogP contribution in [0, 0.1) is 0 Å². The summed E-state index contributed by atoms with van der Waals surface area (Å²) >= 11 is 0. The molecule has 384 valence electrons. The van der Waals surface area contributed by atoms with E-state index in [-0.39, 0.29) is 31.1 Å². The molecule has 0 spiro atoms. The minimum absolute atomic E-state index is 0.0840. The second-order valence-electron chi connectivity index (χ2n) is 19.2. The van der Waals surface area contributed by atoms with E-state index < -0.39 is 6.10 Å². The minimum Gasteiger partial charge on any atom is -0.462 e. The lowest BCUT2D eigenvalue weighted by Gasteiger charge is -2.18. The number of ether oxygens (including phenoxy) is 3. The molecule has 0 fully saturated rings. The van der Waals surface area contributed by atoms with E-state index in [1.165, 1.54) is 161 Å². The van der Waals surface area contributed by atoms with Gasteiger partial charge in [-0.05, 0) is 103 Å². The number of rotatable bonds is 52. The molecule has 0 aromatic heterocycles. The van der Waals surface area contributed by atoms with Crippen molar-refractivity contribution in [3.05, 3.63) is 48.6 Å². The van der Waals surface area contributed by atoms with Crippen LogP contribution in [0.25, 0.3) is 0 Å². The maximum atomic E-state index is 12.8. The third-order valence-electron chi connectivity index (χ3n) is 12.5. The molecule has 0 bridgehead atoms. The van der Waals surface area contributed by atoms with Crippen LogP contribution in [0.3, 0.4) is 0 Å². The van der Waals surface area contributed by atoms with E-state index in [0.29, 0.717) is 19.3 Å². The van der Waals surface area contributed by atoms with Crippen LogP contribution in [0.15, 0.2) is 48.6 Å². The Labute approximate surface area is 409 Å². The van der Waals surface area contributed by atoms with Crippen LogP contribution >= 0.6 is 0 Å². The van der Waals surface area contributed by atoms with E-state index in [0.717, 1.165) is 96.3 Å². The van der Waals surface area contributed by atoms with Gasteiger partial charge in [-0.2, -0.15) is 0 Å². The highest BCUT2D eigenvalue weighted by Gasteiger charge is 2.19. The first-order valence-corrected chi connectivity index (χ1v) is 28.6. The smallest absolute Gasteiger partial charge is 0.306 e. The van der Waals surface area contributed by atoms with Crippen molar-refractivity contribution in [1.29, 1.82) is 0 Å². The molecule has 0 aromatic carbocycles. The fraction of sp³-hybridized carbons (Fsp3) is 0.817. The van der Waals surface area contributed by atoms with Gasteiger partial charge in [-0.3, -0.25) is 14.4 Å². The number of esters is 3. The number of unbranched alkanes of at least 4 members (excludes halogenated alkanes) is 33. The van der Waals surface area contributed by atoms with E-state index >= 15 is 0 Å². The lowest BCUT2D eigenvalue weighted by Crippen LogP contribution is -2.30. The van der Waals surface area contributed by atoms with Gasteiger partial charge in [0.05, 0.1) is 0 Å². The zero-order valence-electron chi connectivity index (χ0n) is 44.0. The van der Waals surface area contributed by atoms with Gasteiger partial charge in [0.2, 0.25) is 0 Å². The van der Waals surface area contributed by atoms with Crippen molar-refractivity contribution >= 4 is 17.9 Å². The summed E-state index contributed by atoms with van der Waals surface area (Å²) in [5.74, 6) is -0.902. The summed E-state index contributed by atoms with van der Waals surface area (Å²) < 4.78 is 16.8. The second kappa shape index (κ2) is 55.0. The first kappa shape index (κ1) is 63.4. The molecular formula is C60H108O6. The van der Waals surface area contributed by atoms with Crippen LogP contribution in [0.5, 0.6) is 0 Å². The molecule has 0 aliphatic heterocycles. The van der Waals surface area contributed by atoms with Gasteiger partial charge in [-0.15, -0.1) is 0 Å². The Morgan fingerprint density at radius 3 is 0.864 bits per heavy atom. The third kappa shape index (κ3) is 52.3. The molecule has 66 heavy (non-hydrogen) atoms. The summed E-state index contributed by atoms with van der Waals surface area (Å²) in [5, 5.41) is 0. The first-order valence-electron chi connectivity index (χ1n) is 28.6. The molecule has 0 rings (SSSR count). The SMILES string of the molecule is CCCCCC/C=C\C/C=C\CCCCCCCC(=O)OCC(COC(=O)CCCCCCC/C=C\CCCCCCCCC)OC(=O)CCCCCCC/C=C\CCCCCCCCC. The average molecular weight is 926 g/mol. The predicted molar refractivity (Wildman–Crippen MR) is 284 cm³/mol. The number of carbonyl (C=O) groups excluding carboxylic acids is 3. The molecule has 0 saturated carbocycles. The fourth-order valence-electron chi connectivity index (χ4n) is 8.17. The van der Waals surface area contributed by atoms with Crippen molar-refractivity contribution in [2.24, 2.45) is 0 Å². The second-order valence-corrected chi connectivity index (χ2v) is 19.2. The van der Waals surface area contributed by atoms with Crippen molar-refractivity contribution in [3.8, 4) is 0 Å². The molecule has 0 saturated heterocycles. The Balaban J connectivity index is 4.41. The molecule has 6 heteroatoms. The van der Waals surface area contributed by atoms with E-state index in [2.05, 4.69) is 69.4 Å². The van der Waals surface area contributed by atoms with Gasteiger partial charge < -0.3 is 14.2 Å². The van der Waals surface area contributed by atoms with Gasteiger partial charge in [-0.1, -0.05) is 223 Å². The summed E-state index contributed by atoms with van der Waals surface area (Å²) in [6.07, 6.45) is 66.6. The van der Waals surface area contributed by atoms with Gasteiger partial charge in [-0.25, -0.2) is 0 Å². The maximum absolute atomic E-state index is 12.8. The normalized spacial score (nSPS) is 12.3. The predicted octanol–water partition coefficient (Wildman–Crippen LogP) is 19.0. The lowest BCUT2D eigenvalue weighted by molar-refractivity contribution is -0.167. The summed E-state index contributed by atoms with van der Waals surface area (Å²) in [4.78, 5) is 38.1. The number of hydrogen-bond acceptors (Lipinski definition) is 6. The molecule has 0 N–H and O–H groups in total. The van der Waals surface area contributed by atoms with Gasteiger partial charge in [0, 0.05) is 19.3 Å². The highest BCUT2D eigenvalue weighted by atomic mass is 16.6. The van der Waals surface area contributed by atoms with Crippen LogP contribution < -0.4 is 0 Å². The molecule has 0 heterocycles. The van der Waals surface area contributed by atoms with Crippen molar-refractivity contribution in [2.45, 2.75) is 303 Å². The van der Waals surface area contributed by atoms with Crippen molar-refractivity contribution in [2.75, 3.05) is 13.2 Å². The summed E-state index contributed by atoms with van der Waals surface area (Å²) in [5.41, 5.74) is 0. The van der Waals surface area contributed by atoms with Gasteiger partial charge in [0.15, 0.2) is 6.10 Å². The summed E-state index contributed by atoms with van der Waals surface area (Å²) in [6.45, 7) is 6.62. The molecular weight excluding hydrogens is 817 g/mol. The molecule has 1 unspecified atom stereocenters. The van der Waals surface area contributed by atoms with E-state index in [1.807, 2.05) is 0 Å². The standard InChI is InChI=1S/C60H108O6/c1-4-7-10-13-16-19-22-25-28-31-34-37-40-43-46-49-52-58(61)64-55-57(66-60(63)54-51-48-45-42-39-36-33-30-27-24-21-18-15-12-9-6-3)56-65-59(62)53-50-47-44-41-38-35-32-29-26-23-20-17-14-11-8-5-2/h19,22,28-33,57H,4-18,20-21,23-27,34-56H2,1-3H3/b22-19-,31-28-,32-29-,33-30-. The Kier molecular flexibility index (Phi) is 52.8. The van der Waals surface area contributed by atoms with Crippen molar-refractivity contribution in [1.82, 2.24) is 0 Å². The Hall–Kier alpha value is -2.63.